The van der Waals surface area contributed by atoms with Gasteiger partial charge in [0.05, 0.1) is 6.61 Å². The number of anilines is 2. The number of rotatable bonds is 15. The Bertz CT molecular complexity index is 1380. The number of esters is 1. The average molecular weight is 623 g/mol. The summed E-state index contributed by atoms with van der Waals surface area (Å²) in [6, 6.07) is 9.22. The molecule has 244 valence electrons. The number of amides is 3. The van der Waals surface area contributed by atoms with E-state index in [9.17, 15) is 24.0 Å². The number of allylic oxidation sites excluding steroid dienone is 1. The molecule has 0 radical (unpaired) electrons. The maximum Gasteiger partial charge on any atom is 0.330 e. The molecule has 45 heavy (non-hydrogen) atoms. The van der Waals surface area contributed by atoms with E-state index in [1.54, 1.807) is 31.2 Å². The van der Waals surface area contributed by atoms with Gasteiger partial charge in [0.1, 0.15) is 18.3 Å². The molecule has 0 spiro atoms. The third-order valence-corrected chi connectivity index (χ3v) is 7.42. The van der Waals surface area contributed by atoms with Crippen molar-refractivity contribution in [3.63, 3.8) is 0 Å². The van der Waals surface area contributed by atoms with Gasteiger partial charge in [-0.2, -0.15) is 0 Å². The van der Waals surface area contributed by atoms with E-state index in [2.05, 4.69) is 46.6 Å². The van der Waals surface area contributed by atoms with Crippen molar-refractivity contribution in [3.8, 4) is 0 Å². The molecule has 1 aliphatic rings. The highest BCUT2D eigenvalue weighted by atomic mass is 16.5. The van der Waals surface area contributed by atoms with Crippen LogP contribution in [0.2, 0.25) is 0 Å². The minimum absolute atomic E-state index is 0.0182. The Morgan fingerprint density at radius 1 is 1.00 bits per heavy atom. The number of benzene rings is 1. The van der Waals surface area contributed by atoms with Gasteiger partial charge in [0.15, 0.2) is 0 Å². The first-order chi connectivity index (χ1) is 21.6. The highest BCUT2D eigenvalue weighted by Gasteiger charge is 2.23. The Balaban J connectivity index is 1.70. The van der Waals surface area contributed by atoms with Gasteiger partial charge in [0, 0.05) is 56.2 Å². The van der Waals surface area contributed by atoms with Crippen molar-refractivity contribution >= 4 is 35.1 Å². The van der Waals surface area contributed by atoms with E-state index in [0.717, 1.165) is 38.3 Å². The normalized spacial score (nSPS) is 14.3. The summed E-state index contributed by atoms with van der Waals surface area (Å²) >= 11 is 0. The van der Waals surface area contributed by atoms with Gasteiger partial charge in [-0.05, 0) is 75.5 Å². The van der Waals surface area contributed by atoms with Gasteiger partial charge in [0.25, 0.3) is 11.5 Å². The molecule has 3 rings (SSSR count). The predicted octanol–water partition coefficient (Wildman–Crippen LogP) is 2.40. The Hall–Kier alpha value is -4.45. The van der Waals surface area contributed by atoms with E-state index in [1.165, 1.54) is 22.9 Å². The topological polar surface area (TPSA) is 142 Å². The summed E-state index contributed by atoms with van der Waals surface area (Å²) in [7, 11) is 2.09. The molecule has 3 amide bonds. The molecule has 0 saturated carbocycles. The lowest BCUT2D eigenvalue weighted by Gasteiger charge is -2.34. The van der Waals surface area contributed by atoms with Gasteiger partial charge >= 0.3 is 5.97 Å². The van der Waals surface area contributed by atoms with Crippen LogP contribution in [0.15, 0.2) is 59.5 Å². The van der Waals surface area contributed by atoms with E-state index in [1.807, 2.05) is 12.1 Å². The lowest BCUT2D eigenvalue weighted by Crippen LogP contribution is -2.45. The summed E-state index contributed by atoms with van der Waals surface area (Å²) in [6.07, 6.45) is 5.59. The van der Waals surface area contributed by atoms with E-state index in [-0.39, 0.29) is 37.6 Å². The molecule has 1 unspecified atom stereocenters. The molecule has 0 aliphatic carbocycles. The fourth-order valence-corrected chi connectivity index (χ4v) is 4.72. The number of piperazine rings is 1. The molecule has 2 heterocycles. The van der Waals surface area contributed by atoms with Crippen LogP contribution in [0.25, 0.3) is 0 Å². The number of ether oxygens (including phenoxy) is 1. The van der Waals surface area contributed by atoms with Crippen LogP contribution in [-0.2, 0) is 25.7 Å². The average Bonchev–Trinajstić information content (AvgIpc) is 3.01. The highest BCUT2D eigenvalue weighted by Crippen LogP contribution is 2.17. The number of hydrogen-bond acceptors (Lipinski definition) is 8. The molecule has 12 nitrogen and oxygen atoms in total. The van der Waals surface area contributed by atoms with Gasteiger partial charge in [-0.1, -0.05) is 19.9 Å². The first kappa shape index (κ1) is 35.0. The number of carbonyl (C=O) groups is 4. The fraction of sp³-hybridized carbons (Fsp3) is 0.485. The van der Waals surface area contributed by atoms with Crippen molar-refractivity contribution in [2.75, 3.05) is 56.6 Å². The maximum atomic E-state index is 13.4. The molecule has 3 N–H and O–H groups in total. The van der Waals surface area contributed by atoms with Crippen molar-refractivity contribution in [3.05, 3.63) is 70.7 Å². The largest absolute Gasteiger partial charge is 0.463 e. The Morgan fingerprint density at radius 3 is 2.38 bits per heavy atom. The molecule has 1 aromatic heterocycles. The fourth-order valence-electron chi connectivity index (χ4n) is 4.72. The molecule has 1 fully saturated rings. The third kappa shape index (κ3) is 11.5. The molecular weight excluding hydrogens is 576 g/mol. The van der Waals surface area contributed by atoms with Crippen LogP contribution in [0.5, 0.6) is 0 Å². The SMILES string of the molecule is CCOC(=O)/C=C/CCC(NC(=O)c1ccc(N2CCN(C)CC2)cc1)C(=O)Nc1cccn(CC(=O)NCCC(C)C)c1=O. The lowest BCUT2D eigenvalue weighted by atomic mass is 10.1. The second kappa shape index (κ2) is 17.7. The smallest absolute Gasteiger partial charge is 0.330 e. The molecule has 0 bridgehead atoms. The molecule has 1 aromatic carbocycles. The summed E-state index contributed by atoms with van der Waals surface area (Å²) in [5.41, 5.74) is 0.845. The Labute approximate surface area is 264 Å². The third-order valence-electron chi connectivity index (χ3n) is 7.42. The second-order valence-electron chi connectivity index (χ2n) is 11.5. The van der Waals surface area contributed by atoms with E-state index in [0.29, 0.717) is 18.0 Å². The van der Waals surface area contributed by atoms with Gasteiger partial charge in [-0.25, -0.2) is 4.79 Å². The number of hydrogen-bond donors (Lipinski definition) is 3. The summed E-state index contributed by atoms with van der Waals surface area (Å²) < 4.78 is 6.11. The molecule has 1 aliphatic heterocycles. The number of nitrogens with zero attached hydrogens (tertiary/aromatic N) is 3. The van der Waals surface area contributed by atoms with Crippen LogP contribution in [-0.4, -0.2) is 85.6 Å². The van der Waals surface area contributed by atoms with E-state index in [4.69, 9.17) is 4.74 Å². The first-order valence-corrected chi connectivity index (χ1v) is 15.5. The van der Waals surface area contributed by atoms with Crippen molar-refractivity contribution in [1.82, 2.24) is 20.1 Å². The van der Waals surface area contributed by atoms with Gasteiger partial charge in [-0.15, -0.1) is 0 Å². The number of likely N-dealkylation sites (N-methyl/N-ethyl adjacent to an activating group) is 1. The zero-order valence-electron chi connectivity index (χ0n) is 26.7. The van der Waals surface area contributed by atoms with Crippen LogP contribution < -0.4 is 26.4 Å². The van der Waals surface area contributed by atoms with Crippen molar-refractivity contribution in [2.45, 2.75) is 52.6 Å². The monoisotopic (exact) mass is 622 g/mol. The minimum Gasteiger partial charge on any atom is -0.463 e. The number of nitrogens with one attached hydrogen (secondary N) is 3. The molecule has 2 aromatic rings. The maximum absolute atomic E-state index is 13.4. The highest BCUT2D eigenvalue weighted by molar-refractivity contribution is 6.01. The van der Waals surface area contributed by atoms with E-state index >= 15 is 0 Å². The second-order valence-corrected chi connectivity index (χ2v) is 11.5. The number of carbonyl (C=O) groups excluding carboxylic acids is 4. The molecule has 12 heteroatoms. The molecular formula is C33H46N6O6. The van der Waals surface area contributed by atoms with Crippen molar-refractivity contribution < 1.29 is 23.9 Å². The quantitative estimate of drug-likeness (QED) is 0.203. The van der Waals surface area contributed by atoms with Crippen LogP contribution >= 0.6 is 0 Å². The zero-order chi connectivity index (χ0) is 32.8. The van der Waals surface area contributed by atoms with Crippen molar-refractivity contribution in [1.29, 1.82) is 0 Å². The van der Waals surface area contributed by atoms with Crippen molar-refractivity contribution in [2.24, 2.45) is 5.92 Å². The standard InChI is InChI=1S/C33H46N6O6/c1-5-45-30(41)11-7-6-9-27(35-31(42)25-12-14-26(15-13-25)38-21-19-37(4)20-22-38)32(43)36-28-10-8-18-39(33(28)44)23-29(40)34-17-16-24(2)3/h7-8,10-15,18,24,27H,5-6,9,16-17,19-23H2,1-4H3,(H,34,40)(H,35,42)(H,36,43)/b11-7+. The van der Waals surface area contributed by atoms with Crippen LogP contribution in [0, 0.1) is 5.92 Å². The first-order valence-electron chi connectivity index (χ1n) is 15.5. The van der Waals surface area contributed by atoms with Crippen LogP contribution in [0.1, 0.15) is 50.4 Å². The summed E-state index contributed by atoms with van der Waals surface area (Å²) in [6.45, 7) is 10.1. The minimum atomic E-state index is -1.02. The predicted molar refractivity (Wildman–Crippen MR) is 174 cm³/mol. The Kier molecular flexibility index (Phi) is 13.8. The lowest BCUT2D eigenvalue weighted by molar-refractivity contribution is -0.137. The Morgan fingerprint density at radius 2 is 1.71 bits per heavy atom. The molecule has 1 atom stereocenters. The summed E-state index contributed by atoms with van der Waals surface area (Å²) in [5.74, 6) is -1.42. The summed E-state index contributed by atoms with van der Waals surface area (Å²) in [5, 5.41) is 8.19. The van der Waals surface area contributed by atoms with Gasteiger partial charge in [0.2, 0.25) is 11.8 Å². The summed E-state index contributed by atoms with van der Waals surface area (Å²) in [4.78, 5) is 68.3. The number of pyridine rings is 1. The molecule has 1 saturated heterocycles. The van der Waals surface area contributed by atoms with E-state index < -0.39 is 29.4 Å². The number of aromatic nitrogens is 1. The zero-order valence-corrected chi connectivity index (χ0v) is 26.7. The van der Waals surface area contributed by atoms with Crippen LogP contribution in [0.4, 0.5) is 11.4 Å². The van der Waals surface area contributed by atoms with Gasteiger partial charge in [-0.3, -0.25) is 19.2 Å². The van der Waals surface area contributed by atoms with Gasteiger partial charge < -0.3 is 35.1 Å². The van der Waals surface area contributed by atoms with Crippen LogP contribution in [0.3, 0.4) is 0 Å².